The topological polar surface area (TPSA) is 101 Å². The van der Waals surface area contributed by atoms with Crippen molar-refractivity contribution in [1.82, 2.24) is 21.3 Å². The molecule has 2 aromatic rings. The van der Waals surface area contributed by atoms with Crippen LogP contribution in [0, 0.1) is 10.8 Å². The van der Waals surface area contributed by atoms with Gasteiger partial charge in [-0.25, -0.2) is 0 Å². The van der Waals surface area contributed by atoms with Gasteiger partial charge in [0.15, 0.2) is 10.2 Å². The minimum atomic E-state index is -0.635. The zero-order chi connectivity index (χ0) is 29.4. The molecule has 40 heavy (non-hydrogen) atoms. The highest BCUT2D eigenvalue weighted by Crippen LogP contribution is 2.23. The molecule has 0 atom stereocenters. The van der Waals surface area contributed by atoms with Gasteiger partial charge < -0.3 is 30.7 Å². The quantitative estimate of drug-likeness (QED) is 0.138. The van der Waals surface area contributed by atoms with Gasteiger partial charge in [-0.05, 0) is 76.1 Å². The second kappa shape index (κ2) is 16.8. The molecule has 0 saturated carbocycles. The first-order chi connectivity index (χ1) is 19.0. The van der Waals surface area contributed by atoms with Crippen LogP contribution in [0.15, 0.2) is 60.7 Å². The molecule has 8 nitrogen and oxygen atoms in total. The zero-order valence-electron chi connectivity index (χ0n) is 23.9. The lowest BCUT2D eigenvalue weighted by molar-refractivity contribution is -0.156. The highest BCUT2D eigenvalue weighted by molar-refractivity contribution is 7.80. The van der Waals surface area contributed by atoms with Gasteiger partial charge in [-0.15, -0.1) is 0 Å². The standard InChI is InChI=1S/C30H42N4O4S2/c1-29(2,25(35)37-21-23-11-7-5-8-12-23)15-17-31-27(39)33-19-20-34-28(40)32-18-16-30(3,4)26(36)38-22-24-13-9-6-10-14-24/h5-14H,15-22H2,1-4H3,(H2,31,33,39)(H2,32,34,40). The Morgan fingerprint density at radius 3 is 1.27 bits per heavy atom. The number of benzene rings is 2. The monoisotopic (exact) mass is 586 g/mol. The number of ether oxygens (including phenoxy) is 2. The van der Waals surface area contributed by atoms with E-state index in [1.54, 1.807) is 0 Å². The van der Waals surface area contributed by atoms with Crippen molar-refractivity contribution in [3.8, 4) is 0 Å². The van der Waals surface area contributed by atoms with Crippen LogP contribution in [0.25, 0.3) is 0 Å². The van der Waals surface area contributed by atoms with Gasteiger partial charge in [-0.2, -0.15) is 0 Å². The maximum absolute atomic E-state index is 12.5. The van der Waals surface area contributed by atoms with Crippen LogP contribution in [0.4, 0.5) is 0 Å². The first-order valence-electron chi connectivity index (χ1n) is 13.5. The Kier molecular flexibility index (Phi) is 13.8. The third-order valence-corrected chi connectivity index (χ3v) is 6.88. The van der Waals surface area contributed by atoms with Gasteiger partial charge >= 0.3 is 11.9 Å². The van der Waals surface area contributed by atoms with Gasteiger partial charge in [0.05, 0.1) is 10.8 Å². The molecule has 0 spiro atoms. The van der Waals surface area contributed by atoms with Crippen LogP contribution in [-0.4, -0.2) is 48.3 Å². The smallest absolute Gasteiger partial charge is 0.311 e. The summed E-state index contributed by atoms with van der Waals surface area (Å²) in [5, 5.41) is 13.5. The van der Waals surface area contributed by atoms with Crippen molar-refractivity contribution in [2.45, 2.75) is 53.8 Å². The molecular formula is C30H42N4O4S2. The van der Waals surface area contributed by atoms with Crippen molar-refractivity contribution in [1.29, 1.82) is 0 Å². The van der Waals surface area contributed by atoms with Crippen LogP contribution in [0.3, 0.4) is 0 Å². The van der Waals surface area contributed by atoms with Crippen molar-refractivity contribution >= 4 is 46.6 Å². The number of hydrogen-bond donors (Lipinski definition) is 4. The number of nitrogens with one attached hydrogen (secondary N) is 4. The van der Waals surface area contributed by atoms with E-state index in [2.05, 4.69) is 21.3 Å². The summed E-state index contributed by atoms with van der Waals surface area (Å²) < 4.78 is 10.9. The fourth-order valence-electron chi connectivity index (χ4n) is 3.50. The van der Waals surface area contributed by atoms with Crippen LogP contribution >= 0.6 is 24.4 Å². The van der Waals surface area contributed by atoms with Crippen LogP contribution in [0.5, 0.6) is 0 Å². The van der Waals surface area contributed by atoms with Crippen molar-refractivity contribution in [2.24, 2.45) is 10.8 Å². The van der Waals surface area contributed by atoms with E-state index < -0.39 is 10.8 Å². The van der Waals surface area contributed by atoms with Gasteiger partial charge in [-0.3, -0.25) is 9.59 Å². The number of rotatable bonds is 15. The SMILES string of the molecule is CC(C)(CCNC(=S)NCCNC(=S)NCCC(C)(C)C(=O)OCc1ccccc1)C(=O)OCc1ccccc1. The van der Waals surface area contributed by atoms with E-state index in [-0.39, 0.29) is 25.2 Å². The highest BCUT2D eigenvalue weighted by Gasteiger charge is 2.30. The van der Waals surface area contributed by atoms with Crippen molar-refractivity contribution in [3.63, 3.8) is 0 Å². The molecule has 0 radical (unpaired) electrons. The van der Waals surface area contributed by atoms with Crippen LogP contribution in [0.1, 0.15) is 51.7 Å². The van der Waals surface area contributed by atoms with E-state index in [1.807, 2.05) is 88.4 Å². The average Bonchev–Trinajstić information content (AvgIpc) is 2.93. The second-order valence-corrected chi connectivity index (χ2v) is 11.6. The highest BCUT2D eigenvalue weighted by atomic mass is 32.1. The Morgan fingerprint density at radius 1 is 0.600 bits per heavy atom. The summed E-state index contributed by atoms with van der Waals surface area (Å²) in [7, 11) is 0. The molecule has 2 aromatic carbocycles. The summed E-state index contributed by atoms with van der Waals surface area (Å²) in [5.41, 5.74) is 0.650. The Bertz CT molecular complexity index is 1010. The summed E-state index contributed by atoms with van der Waals surface area (Å²) >= 11 is 10.7. The van der Waals surface area contributed by atoms with Crippen molar-refractivity contribution < 1.29 is 19.1 Å². The minimum absolute atomic E-state index is 0.241. The maximum Gasteiger partial charge on any atom is 0.311 e. The third kappa shape index (κ3) is 12.7. The molecule has 0 saturated heterocycles. The molecule has 10 heteroatoms. The third-order valence-electron chi connectivity index (χ3n) is 6.30. The normalized spacial score (nSPS) is 11.2. The number of carbonyl (C=O) groups excluding carboxylic acids is 2. The van der Waals surface area contributed by atoms with Crippen LogP contribution < -0.4 is 21.3 Å². The molecule has 0 amide bonds. The molecule has 0 fully saturated rings. The van der Waals surface area contributed by atoms with E-state index in [0.29, 0.717) is 49.2 Å². The summed E-state index contributed by atoms with van der Waals surface area (Å²) in [6.07, 6.45) is 1.15. The van der Waals surface area contributed by atoms with E-state index in [9.17, 15) is 9.59 Å². The largest absolute Gasteiger partial charge is 0.460 e. The lowest BCUT2D eigenvalue weighted by Gasteiger charge is -2.23. The summed E-state index contributed by atoms with van der Waals surface area (Å²) in [6, 6.07) is 19.2. The fraction of sp³-hybridized carbons (Fsp3) is 0.467. The Morgan fingerprint density at radius 2 is 0.925 bits per heavy atom. The van der Waals surface area contributed by atoms with Crippen molar-refractivity contribution in [3.05, 3.63) is 71.8 Å². The van der Waals surface area contributed by atoms with Gasteiger partial charge in [0.25, 0.3) is 0 Å². The first kappa shape index (κ1) is 33.0. The van der Waals surface area contributed by atoms with Gasteiger partial charge in [0.1, 0.15) is 13.2 Å². The number of esters is 2. The lowest BCUT2D eigenvalue weighted by Crippen LogP contribution is -2.44. The van der Waals surface area contributed by atoms with Gasteiger partial charge in [0, 0.05) is 26.2 Å². The Labute approximate surface area is 249 Å². The molecular weight excluding hydrogens is 544 g/mol. The molecule has 0 aliphatic carbocycles. The fourth-order valence-corrected chi connectivity index (χ4v) is 3.90. The zero-order valence-corrected chi connectivity index (χ0v) is 25.5. The van der Waals surface area contributed by atoms with E-state index in [1.165, 1.54) is 0 Å². The van der Waals surface area contributed by atoms with Crippen molar-refractivity contribution in [2.75, 3.05) is 26.2 Å². The molecule has 0 bridgehead atoms. The van der Waals surface area contributed by atoms with E-state index in [0.717, 1.165) is 11.1 Å². The maximum atomic E-state index is 12.5. The lowest BCUT2D eigenvalue weighted by atomic mass is 9.89. The molecule has 218 valence electrons. The van der Waals surface area contributed by atoms with E-state index in [4.69, 9.17) is 33.9 Å². The molecule has 0 heterocycles. The van der Waals surface area contributed by atoms with E-state index >= 15 is 0 Å². The number of hydrogen-bond acceptors (Lipinski definition) is 6. The first-order valence-corrected chi connectivity index (χ1v) is 14.3. The Balaban J connectivity index is 1.53. The summed E-state index contributed by atoms with van der Waals surface area (Å²) in [6.45, 7) is 10.2. The molecule has 0 unspecified atom stereocenters. The number of carbonyl (C=O) groups is 2. The molecule has 4 N–H and O–H groups in total. The average molecular weight is 587 g/mol. The van der Waals surface area contributed by atoms with Gasteiger partial charge in [0.2, 0.25) is 0 Å². The molecule has 2 rings (SSSR count). The molecule has 0 aromatic heterocycles. The minimum Gasteiger partial charge on any atom is -0.460 e. The van der Waals surface area contributed by atoms with Gasteiger partial charge in [-0.1, -0.05) is 60.7 Å². The summed E-state index contributed by atoms with van der Waals surface area (Å²) in [4.78, 5) is 25.0. The Hall–Kier alpha value is -3.24. The molecule has 0 aliphatic rings. The predicted molar refractivity (Wildman–Crippen MR) is 166 cm³/mol. The van der Waals surface area contributed by atoms with Crippen LogP contribution in [-0.2, 0) is 32.3 Å². The number of thiocarbonyl (C=S) groups is 2. The molecule has 0 aliphatic heterocycles. The summed E-state index contributed by atoms with van der Waals surface area (Å²) in [5.74, 6) is -0.482. The second-order valence-electron chi connectivity index (χ2n) is 10.8. The predicted octanol–water partition coefficient (Wildman–Crippen LogP) is 4.23. The van der Waals surface area contributed by atoms with Crippen LogP contribution in [0.2, 0.25) is 0 Å².